The molecule has 1 heterocycles. The third kappa shape index (κ3) is 2.69. The highest BCUT2D eigenvalue weighted by Gasteiger charge is 2.44. The minimum atomic E-state index is 0.479. The van der Waals surface area contributed by atoms with Crippen molar-refractivity contribution in [3.05, 3.63) is 20.8 Å². The number of nitrogens with one attached hydrogen (secondary N) is 1. The molecule has 0 bridgehead atoms. The second kappa shape index (κ2) is 4.79. The van der Waals surface area contributed by atoms with Gasteiger partial charge in [0.15, 0.2) is 0 Å². The van der Waals surface area contributed by atoms with E-state index in [2.05, 4.69) is 53.5 Å². The van der Waals surface area contributed by atoms with Gasteiger partial charge in [0.05, 0.1) is 0 Å². The SMILES string of the molecule is CC(NCC1(C(C)C)CC1)c1cc(Br)cs1. The van der Waals surface area contributed by atoms with E-state index in [1.807, 2.05) is 11.3 Å². The maximum Gasteiger partial charge on any atom is 0.0386 e. The molecule has 2 rings (SSSR count). The van der Waals surface area contributed by atoms with Crippen LogP contribution in [0.15, 0.2) is 15.9 Å². The Balaban J connectivity index is 1.87. The standard InChI is InChI=1S/C13H20BrNS/c1-9(2)13(4-5-13)8-15-10(3)12-6-11(14)7-16-12/h6-7,9-10,15H,4-5,8H2,1-3H3. The number of rotatable bonds is 5. The van der Waals surface area contributed by atoms with Gasteiger partial charge in [-0.25, -0.2) is 0 Å². The van der Waals surface area contributed by atoms with Gasteiger partial charge in [-0.15, -0.1) is 11.3 Å². The Kier molecular flexibility index (Phi) is 3.77. The fraction of sp³-hybridized carbons (Fsp3) is 0.692. The van der Waals surface area contributed by atoms with Gasteiger partial charge in [0.25, 0.3) is 0 Å². The van der Waals surface area contributed by atoms with Crippen LogP contribution >= 0.6 is 27.3 Å². The largest absolute Gasteiger partial charge is 0.309 e. The first-order valence-corrected chi connectivity index (χ1v) is 7.68. The third-order valence-electron chi connectivity index (χ3n) is 3.89. The van der Waals surface area contributed by atoms with Gasteiger partial charge < -0.3 is 5.32 Å². The van der Waals surface area contributed by atoms with Crippen molar-refractivity contribution in [1.82, 2.24) is 5.32 Å². The van der Waals surface area contributed by atoms with Gasteiger partial charge in [-0.1, -0.05) is 13.8 Å². The molecule has 1 aliphatic rings. The topological polar surface area (TPSA) is 12.0 Å². The summed E-state index contributed by atoms with van der Waals surface area (Å²) in [5, 5.41) is 5.84. The van der Waals surface area contributed by atoms with E-state index < -0.39 is 0 Å². The van der Waals surface area contributed by atoms with Crippen LogP contribution in [0, 0.1) is 11.3 Å². The van der Waals surface area contributed by atoms with Crippen molar-refractivity contribution in [3.8, 4) is 0 Å². The molecule has 1 unspecified atom stereocenters. The van der Waals surface area contributed by atoms with Crippen LogP contribution in [0.3, 0.4) is 0 Å². The van der Waals surface area contributed by atoms with E-state index in [4.69, 9.17) is 0 Å². The van der Waals surface area contributed by atoms with E-state index in [9.17, 15) is 0 Å². The first kappa shape index (κ1) is 12.6. The zero-order valence-corrected chi connectivity index (χ0v) is 12.6. The van der Waals surface area contributed by atoms with Crippen LogP contribution in [0.25, 0.3) is 0 Å². The highest BCUT2D eigenvalue weighted by molar-refractivity contribution is 9.10. The second-order valence-electron chi connectivity index (χ2n) is 5.29. The molecule has 1 aromatic heterocycles. The summed E-state index contributed by atoms with van der Waals surface area (Å²) in [6, 6.07) is 2.70. The fourth-order valence-corrected chi connectivity index (χ4v) is 3.61. The monoisotopic (exact) mass is 301 g/mol. The number of hydrogen-bond acceptors (Lipinski definition) is 2. The Labute approximate surface area is 111 Å². The van der Waals surface area contributed by atoms with Crippen molar-refractivity contribution >= 4 is 27.3 Å². The van der Waals surface area contributed by atoms with Gasteiger partial charge in [-0.3, -0.25) is 0 Å². The van der Waals surface area contributed by atoms with Crippen LogP contribution < -0.4 is 5.32 Å². The summed E-state index contributed by atoms with van der Waals surface area (Å²) in [6.07, 6.45) is 2.80. The van der Waals surface area contributed by atoms with Gasteiger partial charge in [0, 0.05) is 27.3 Å². The molecule has 90 valence electrons. The molecule has 16 heavy (non-hydrogen) atoms. The number of halogens is 1. The molecule has 1 nitrogen and oxygen atoms in total. The van der Waals surface area contributed by atoms with Crippen LogP contribution in [0.1, 0.15) is 44.5 Å². The minimum absolute atomic E-state index is 0.479. The minimum Gasteiger partial charge on any atom is -0.309 e. The van der Waals surface area contributed by atoms with Crippen molar-refractivity contribution in [3.63, 3.8) is 0 Å². The van der Waals surface area contributed by atoms with Crippen LogP contribution in [0.5, 0.6) is 0 Å². The third-order valence-corrected chi connectivity index (χ3v) is 5.77. The van der Waals surface area contributed by atoms with Gasteiger partial charge in [0.1, 0.15) is 0 Å². The lowest BCUT2D eigenvalue weighted by Crippen LogP contribution is -2.29. The van der Waals surface area contributed by atoms with Crippen molar-refractivity contribution in [2.75, 3.05) is 6.54 Å². The molecule has 0 aromatic carbocycles. The average Bonchev–Trinajstić information content (AvgIpc) is 2.92. The van der Waals surface area contributed by atoms with Crippen LogP contribution in [0.2, 0.25) is 0 Å². The van der Waals surface area contributed by atoms with Crippen molar-refractivity contribution in [2.45, 2.75) is 39.7 Å². The van der Waals surface area contributed by atoms with Crippen LogP contribution in [-0.4, -0.2) is 6.54 Å². The number of thiophene rings is 1. The molecule has 1 aliphatic carbocycles. The van der Waals surface area contributed by atoms with Crippen LogP contribution in [0.4, 0.5) is 0 Å². The quantitative estimate of drug-likeness (QED) is 0.838. The molecule has 0 radical (unpaired) electrons. The van der Waals surface area contributed by atoms with E-state index in [0.717, 1.165) is 5.92 Å². The van der Waals surface area contributed by atoms with Crippen molar-refractivity contribution < 1.29 is 0 Å². The van der Waals surface area contributed by atoms with E-state index in [-0.39, 0.29) is 0 Å². The van der Waals surface area contributed by atoms with E-state index in [1.165, 1.54) is 28.7 Å². The van der Waals surface area contributed by atoms with E-state index >= 15 is 0 Å². The smallest absolute Gasteiger partial charge is 0.0386 e. The van der Waals surface area contributed by atoms with E-state index in [0.29, 0.717) is 11.5 Å². The van der Waals surface area contributed by atoms with Gasteiger partial charge in [-0.05, 0) is 53.1 Å². The summed E-state index contributed by atoms with van der Waals surface area (Å²) < 4.78 is 1.20. The molecule has 1 atom stereocenters. The van der Waals surface area contributed by atoms with E-state index in [1.54, 1.807) is 0 Å². The molecular formula is C13H20BrNS. The maximum absolute atomic E-state index is 3.69. The lowest BCUT2D eigenvalue weighted by molar-refractivity contribution is 0.326. The summed E-state index contributed by atoms with van der Waals surface area (Å²) in [7, 11) is 0. The first-order valence-electron chi connectivity index (χ1n) is 6.01. The molecule has 0 aliphatic heterocycles. The molecule has 0 amide bonds. The molecule has 1 aromatic rings. The van der Waals surface area contributed by atoms with Crippen molar-refractivity contribution in [2.24, 2.45) is 11.3 Å². The summed E-state index contributed by atoms with van der Waals surface area (Å²) in [6.45, 7) is 8.12. The predicted octanol–water partition coefficient (Wildman–Crippen LogP) is 4.60. The molecule has 1 N–H and O–H groups in total. The normalized spacial score (nSPS) is 20.1. The maximum atomic E-state index is 3.69. The summed E-state index contributed by atoms with van der Waals surface area (Å²) >= 11 is 5.34. The highest BCUT2D eigenvalue weighted by atomic mass is 79.9. The molecule has 1 saturated carbocycles. The summed E-state index contributed by atoms with van der Waals surface area (Å²) in [4.78, 5) is 1.42. The lowest BCUT2D eigenvalue weighted by atomic mass is 9.92. The Morgan fingerprint density at radius 3 is 2.56 bits per heavy atom. The van der Waals surface area contributed by atoms with Gasteiger partial charge >= 0.3 is 0 Å². The molecule has 0 saturated heterocycles. The molecule has 3 heteroatoms. The fourth-order valence-electron chi connectivity index (χ4n) is 2.13. The molecule has 0 spiro atoms. The lowest BCUT2D eigenvalue weighted by Gasteiger charge is -2.22. The molecule has 1 fully saturated rings. The molecular weight excluding hydrogens is 282 g/mol. The Bertz CT molecular complexity index is 355. The second-order valence-corrected chi connectivity index (χ2v) is 7.15. The first-order chi connectivity index (χ1) is 7.53. The highest BCUT2D eigenvalue weighted by Crippen LogP contribution is 2.51. The zero-order valence-electron chi connectivity index (χ0n) is 10.2. The summed E-state index contributed by atoms with van der Waals surface area (Å²) in [5.74, 6) is 0.808. The Hall–Kier alpha value is 0.140. The van der Waals surface area contributed by atoms with Gasteiger partial charge in [0.2, 0.25) is 0 Å². The Morgan fingerprint density at radius 1 is 1.44 bits per heavy atom. The Morgan fingerprint density at radius 2 is 2.12 bits per heavy atom. The van der Waals surface area contributed by atoms with Crippen LogP contribution in [-0.2, 0) is 0 Å². The number of hydrogen-bond donors (Lipinski definition) is 1. The van der Waals surface area contributed by atoms with Crippen molar-refractivity contribution in [1.29, 1.82) is 0 Å². The summed E-state index contributed by atoms with van der Waals surface area (Å²) in [5.41, 5.74) is 0.600. The predicted molar refractivity (Wildman–Crippen MR) is 74.9 cm³/mol. The zero-order chi connectivity index (χ0) is 11.8. The average molecular weight is 302 g/mol. The van der Waals surface area contributed by atoms with Gasteiger partial charge in [-0.2, -0.15) is 0 Å².